The van der Waals surface area contributed by atoms with Gasteiger partial charge in [0.15, 0.2) is 0 Å². The summed E-state index contributed by atoms with van der Waals surface area (Å²) in [5, 5.41) is 3.08. The van der Waals surface area contributed by atoms with Gasteiger partial charge in [-0.3, -0.25) is 9.59 Å². The minimum Gasteiger partial charge on any atom is -0.377 e. The maximum absolute atomic E-state index is 12.8. The summed E-state index contributed by atoms with van der Waals surface area (Å²) in [5.74, 6) is 0.129. The van der Waals surface area contributed by atoms with Crippen LogP contribution < -0.4 is 10.2 Å². The smallest absolute Gasteiger partial charge is 0.249 e. The van der Waals surface area contributed by atoms with E-state index in [1.165, 1.54) is 7.11 Å². The Morgan fingerprint density at radius 3 is 2.39 bits per heavy atom. The lowest BCUT2D eigenvalue weighted by Crippen LogP contribution is -2.33. The summed E-state index contributed by atoms with van der Waals surface area (Å²) in [6.07, 6.45) is 4.17. The average Bonchev–Trinajstić information content (AvgIpc) is 3.29. The molecule has 0 aromatic heterocycles. The number of hydrogen-bond donors (Lipinski definition) is 1. The van der Waals surface area contributed by atoms with Crippen molar-refractivity contribution < 1.29 is 14.3 Å². The quantitative estimate of drug-likeness (QED) is 0.661. The first-order valence-electron chi connectivity index (χ1n) is 10.9. The van der Waals surface area contributed by atoms with E-state index < -0.39 is 0 Å². The highest BCUT2D eigenvalue weighted by atomic mass is 16.5. The first-order valence-corrected chi connectivity index (χ1v) is 10.9. The minimum atomic E-state index is -0.0727. The molecule has 0 aliphatic heterocycles. The number of ether oxygens (including phenoxy) is 1. The van der Waals surface area contributed by atoms with Gasteiger partial charge in [-0.1, -0.05) is 43.2 Å². The van der Waals surface area contributed by atoms with Crippen LogP contribution in [0.3, 0.4) is 0 Å². The van der Waals surface area contributed by atoms with E-state index in [9.17, 15) is 9.59 Å². The lowest BCUT2D eigenvalue weighted by atomic mass is 10.1. The number of methoxy groups -OCH3 is 1. The molecule has 0 bridgehead atoms. The summed E-state index contributed by atoms with van der Waals surface area (Å²) in [5.41, 5.74) is 3.83. The van der Waals surface area contributed by atoms with Crippen LogP contribution in [0.15, 0.2) is 48.5 Å². The minimum absolute atomic E-state index is 0.0300. The molecule has 0 saturated heterocycles. The van der Waals surface area contributed by atoms with Crippen LogP contribution in [0.5, 0.6) is 0 Å². The number of rotatable bonds is 9. The molecule has 6 nitrogen and oxygen atoms in total. The largest absolute Gasteiger partial charge is 0.377 e. The SMILES string of the molecule is COCC(=O)N(Cc1ccccc1)Cc1cc(NC(=O)C2CCCC2)ccc1N(C)C. The van der Waals surface area contributed by atoms with Gasteiger partial charge in [-0.2, -0.15) is 0 Å². The summed E-state index contributed by atoms with van der Waals surface area (Å²) in [6, 6.07) is 15.9. The van der Waals surface area contributed by atoms with Crippen molar-refractivity contribution in [2.75, 3.05) is 38.0 Å². The molecule has 0 radical (unpaired) electrons. The first-order chi connectivity index (χ1) is 15.0. The van der Waals surface area contributed by atoms with Gasteiger partial charge in [-0.05, 0) is 42.2 Å². The maximum atomic E-state index is 12.8. The van der Waals surface area contributed by atoms with Crippen molar-refractivity contribution in [3.63, 3.8) is 0 Å². The summed E-state index contributed by atoms with van der Waals surface area (Å²) >= 11 is 0. The van der Waals surface area contributed by atoms with Gasteiger partial charge in [0.2, 0.25) is 11.8 Å². The number of amides is 2. The molecule has 1 aliphatic rings. The van der Waals surface area contributed by atoms with E-state index in [-0.39, 0.29) is 24.3 Å². The fourth-order valence-electron chi connectivity index (χ4n) is 4.11. The van der Waals surface area contributed by atoms with E-state index in [0.717, 1.165) is 48.2 Å². The van der Waals surface area contributed by atoms with Crippen molar-refractivity contribution in [1.29, 1.82) is 0 Å². The molecule has 2 aromatic rings. The number of carbonyl (C=O) groups excluding carboxylic acids is 2. The molecule has 3 rings (SSSR count). The van der Waals surface area contributed by atoms with Gasteiger partial charge in [0.1, 0.15) is 6.61 Å². The summed E-state index contributed by atoms with van der Waals surface area (Å²) in [7, 11) is 5.49. The van der Waals surface area contributed by atoms with Crippen LogP contribution in [-0.4, -0.2) is 44.5 Å². The standard InChI is InChI=1S/C25H33N3O3/c1-27(2)23-14-13-22(26-25(30)20-11-7-8-12-20)15-21(23)17-28(24(29)18-31-3)16-19-9-5-4-6-10-19/h4-6,9-10,13-15,20H,7-8,11-12,16-18H2,1-3H3,(H,26,30). The van der Waals surface area contributed by atoms with Gasteiger partial charge in [-0.25, -0.2) is 0 Å². The van der Waals surface area contributed by atoms with Crippen molar-refractivity contribution in [2.45, 2.75) is 38.8 Å². The third-order valence-electron chi connectivity index (χ3n) is 5.75. The molecule has 0 heterocycles. The first kappa shape index (κ1) is 22.8. The highest BCUT2D eigenvalue weighted by molar-refractivity contribution is 5.93. The third-order valence-corrected chi connectivity index (χ3v) is 5.75. The van der Waals surface area contributed by atoms with E-state index in [2.05, 4.69) is 5.32 Å². The Balaban J connectivity index is 1.83. The molecule has 0 spiro atoms. The normalized spacial score (nSPS) is 13.8. The number of hydrogen-bond acceptors (Lipinski definition) is 4. The molecule has 2 amide bonds. The number of nitrogens with one attached hydrogen (secondary N) is 1. The van der Waals surface area contributed by atoms with Crippen molar-refractivity contribution >= 4 is 23.2 Å². The highest BCUT2D eigenvalue weighted by Gasteiger charge is 2.23. The fourth-order valence-corrected chi connectivity index (χ4v) is 4.11. The van der Waals surface area contributed by atoms with Crippen molar-refractivity contribution in [3.05, 3.63) is 59.7 Å². The Bertz CT molecular complexity index is 877. The van der Waals surface area contributed by atoms with Gasteiger partial charge < -0.3 is 19.9 Å². The zero-order chi connectivity index (χ0) is 22.2. The Morgan fingerprint density at radius 1 is 1.03 bits per heavy atom. The van der Waals surface area contributed by atoms with Crippen LogP contribution in [0, 0.1) is 5.92 Å². The van der Waals surface area contributed by atoms with Gasteiger partial charge in [0.25, 0.3) is 0 Å². The molecule has 1 aliphatic carbocycles. The molecule has 0 unspecified atom stereocenters. The Morgan fingerprint density at radius 2 is 1.74 bits per heavy atom. The Hall–Kier alpha value is -2.86. The Kier molecular flexibility index (Phi) is 8.06. The molecular weight excluding hydrogens is 390 g/mol. The lowest BCUT2D eigenvalue weighted by Gasteiger charge is -2.26. The predicted octanol–water partition coefficient (Wildman–Crippen LogP) is 4.06. The predicted molar refractivity (Wildman–Crippen MR) is 124 cm³/mol. The summed E-state index contributed by atoms with van der Waals surface area (Å²) in [6.45, 7) is 0.953. The van der Waals surface area contributed by atoms with E-state index in [1.54, 1.807) is 4.90 Å². The molecule has 31 heavy (non-hydrogen) atoms. The third kappa shape index (κ3) is 6.31. The number of benzene rings is 2. The second-order valence-electron chi connectivity index (χ2n) is 8.38. The van der Waals surface area contributed by atoms with E-state index >= 15 is 0 Å². The second kappa shape index (κ2) is 11.0. The van der Waals surface area contributed by atoms with Crippen molar-refractivity contribution in [2.24, 2.45) is 5.92 Å². The molecule has 6 heteroatoms. The van der Waals surface area contributed by atoms with E-state index in [4.69, 9.17) is 4.74 Å². The molecule has 1 saturated carbocycles. The lowest BCUT2D eigenvalue weighted by molar-refractivity contribution is -0.136. The van der Waals surface area contributed by atoms with Crippen LogP contribution in [-0.2, 0) is 27.4 Å². The number of anilines is 2. The Labute approximate surface area is 185 Å². The number of nitrogens with zero attached hydrogens (tertiary/aromatic N) is 2. The van der Waals surface area contributed by atoms with Crippen LogP contribution in [0.1, 0.15) is 36.8 Å². The molecule has 2 aromatic carbocycles. The fraction of sp³-hybridized carbons (Fsp3) is 0.440. The monoisotopic (exact) mass is 423 g/mol. The van der Waals surface area contributed by atoms with Crippen LogP contribution in [0.25, 0.3) is 0 Å². The van der Waals surface area contributed by atoms with Crippen molar-refractivity contribution in [3.8, 4) is 0 Å². The van der Waals surface area contributed by atoms with E-state index in [1.807, 2.05) is 67.5 Å². The molecule has 1 N–H and O–H groups in total. The molecule has 1 fully saturated rings. The zero-order valence-electron chi connectivity index (χ0n) is 18.8. The van der Waals surface area contributed by atoms with Crippen molar-refractivity contribution in [1.82, 2.24) is 4.90 Å². The molecule has 166 valence electrons. The van der Waals surface area contributed by atoms with Crippen LogP contribution in [0.4, 0.5) is 11.4 Å². The van der Waals surface area contributed by atoms with Crippen LogP contribution >= 0.6 is 0 Å². The van der Waals surface area contributed by atoms with Gasteiger partial charge in [0, 0.05) is 51.6 Å². The van der Waals surface area contributed by atoms with Gasteiger partial charge in [-0.15, -0.1) is 0 Å². The number of carbonyl (C=O) groups is 2. The van der Waals surface area contributed by atoms with Gasteiger partial charge >= 0.3 is 0 Å². The molecule has 0 atom stereocenters. The maximum Gasteiger partial charge on any atom is 0.249 e. The topological polar surface area (TPSA) is 61.9 Å². The zero-order valence-corrected chi connectivity index (χ0v) is 18.8. The second-order valence-corrected chi connectivity index (χ2v) is 8.38. The summed E-state index contributed by atoms with van der Waals surface area (Å²) < 4.78 is 5.11. The van der Waals surface area contributed by atoms with Gasteiger partial charge in [0.05, 0.1) is 0 Å². The summed E-state index contributed by atoms with van der Waals surface area (Å²) in [4.78, 5) is 29.2. The highest BCUT2D eigenvalue weighted by Crippen LogP contribution is 2.28. The molecular formula is C25H33N3O3. The average molecular weight is 424 g/mol. The van der Waals surface area contributed by atoms with E-state index in [0.29, 0.717) is 13.1 Å². The van der Waals surface area contributed by atoms with Crippen LogP contribution in [0.2, 0.25) is 0 Å².